The van der Waals surface area contributed by atoms with E-state index in [1.54, 1.807) is 13.8 Å². The van der Waals surface area contributed by atoms with Gasteiger partial charge in [0.1, 0.15) is 0 Å². The van der Waals surface area contributed by atoms with Gasteiger partial charge < -0.3 is 18.9 Å². The highest BCUT2D eigenvalue weighted by Crippen LogP contribution is 2.10. The van der Waals surface area contributed by atoms with Crippen molar-refractivity contribution in [1.82, 2.24) is 0 Å². The molecule has 0 aromatic heterocycles. The van der Waals surface area contributed by atoms with Crippen LogP contribution in [0.4, 0.5) is 0 Å². The van der Waals surface area contributed by atoms with E-state index in [-0.39, 0.29) is 24.3 Å². The van der Waals surface area contributed by atoms with Gasteiger partial charge in [-0.25, -0.2) is 9.59 Å². The van der Waals surface area contributed by atoms with Crippen LogP contribution in [-0.4, -0.2) is 50.3 Å². The molecule has 0 radical (unpaired) electrons. The van der Waals surface area contributed by atoms with Crippen molar-refractivity contribution in [1.29, 1.82) is 0 Å². The van der Waals surface area contributed by atoms with Crippen molar-refractivity contribution in [2.45, 2.75) is 130 Å². The summed E-state index contributed by atoms with van der Waals surface area (Å²) in [5, 5.41) is 0. The van der Waals surface area contributed by atoms with E-state index in [4.69, 9.17) is 9.47 Å². The van der Waals surface area contributed by atoms with Gasteiger partial charge in [-0.05, 0) is 39.5 Å². The van der Waals surface area contributed by atoms with Gasteiger partial charge in [0.2, 0.25) is 0 Å². The normalized spacial score (nSPS) is 10.4. The summed E-state index contributed by atoms with van der Waals surface area (Å²) in [4.78, 5) is 45.0. The smallest absolute Gasteiger partial charge is 0.333 e. The van der Waals surface area contributed by atoms with Crippen molar-refractivity contribution in [2.75, 3.05) is 26.4 Å². The zero-order chi connectivity index (χ0) is 30.3. The Morgan fingerprint density at radius 3 is 1.65 bits per heavy atom. The molecule has 0 amide bonds. The van der Waals surface area contributed by atoms with Crippen molar-refractivity contribution in [3.8, 4) is 0 Å². The van der Waals surface area contributed by atoms with Crippen LogP contribution in [0.25, 0.3) is 0 Å². The lowest BCUT2D eigenvalue weighted by molar-refractivity contribution is -0.144. The zero-order valence-corrected chi connectivity index (χ0v) is 25.8. The average molecular weight is 569 g/mol. The highest BCUT2D eigenvalue weighted by Gasteiger charge is 2.10. The third kappa shape index (κ3) is 29.9. The Balaban J connectivity index is 0. The topological polar surface area (TPSA) is 105 Å². The molecule has 0 aliphatic rings. The predicted octanol–water partition coefficient (Wildman–Crippen LogP) is 7.58. The fraction of sp³-hybridized carbons (Fsp3) is 0.750. The maximum Gasteiger partial charge on any atom is 0.333 e. The van der Waals surface area contributed by atoms with Crippen LogP contribution >= 0.6 is 0 Å². The minimum absolute atomic E-state index is 0.104. The Hall–Kier alpha value is -2.64. The van der Waals surface area contributed by atoms with E-state index in [2.05, 4.69) is 29.9 Å². The number of carbonyl (C=O) groups excluding carboxylic acids is 4. The summed E-state index contributed by atoms with van der Waals surface area (Å²) in [5.41, 5.74) is 0.449. The van der Waals surface area contributed by atoms with Gasteiger partial charge in [0, 0.05) is 18.1 Å². The monoisotopic (exact) mass is 568 g/mol. The lowest BCUT2D eigenvalue weighted by Gasteiger charge is -2.08. The largest absolute Gasteiger partial charge is 0.466 e. The second-order valence-electron chi connectivity index (χ2n) is 9.51. The van der Waals surface area contributed by atoms with Crippen molar-refractivity contribution < 1.29 is 38.1 Å². The van der Waals surface area contributed by atoms with Crippen LogP contribution < -0.4 is 0 Å². The summed E-state index contributed by atoms with van der Waals surface area (Å²) in [7, 11) is 0. The SMILES string of the molecule is C=C(CCCC(=O)OCCCCCCCC)C(=O)OCCCCCCCC.CCOC(=O)C=CCC(=O)OCC. The van der Waals surface area contributed by atoms with E-state index < -0.39 is 5.97 Å². The first-order valence-corrected chi connectivity index (χ1v) is 15.3. The molecule has 0 fully saturated rings. The van der Waals surface area contributed by atoms with Gasteiger partial charge in [0.25, 0.3) is 0 Å². The Labute approximate surface area is 243 Å². The fourth-order valence-corrected chi connectivity index (χ4v) is 3.50. The number of esters is 4. The molecule has 0 saturated carbocycles. The van der Waals surface area contributed by atoms with E-state index >= 15 is 0 Å². The van der Waals surface area contributed by atoms with Gasteiger partial charge in [0.15, 0.2) is 0 Å². The predicted molar refractivity (Wildman–Crippen MR) is 159 cm³/mol. The second kappa shape index (κ2) is 30.9. The third-order valence-corrected chi connectivity index (χ3v) is 5.77. The minimum Gasteiger partial charge on any atom is -0.466 e. The van der Waals surface area contributed by atoms with Crippen LogP contribution in [0.3, 0.4) is 0 Å². The molecule has 0 aliphatic carbocycles. The molecule has 0 saturated heterocycles. The number of hydrogen-bond acceptors (Lipinski definition) is 8. The first-order valence-electron chi connectivity index (χ1n) is 15.3. The molecule has 0 rings (SSSR count). The molecule has 0 atom stereocenters. The first-order chi connectivity index (χ1) is 19.3. The number of carbonyl (C=O) groups is 4. The Kier molecular flexibility index (Phi) is 30.5. The maximum atomic E-state index is 11.8. The van der Waals surface area contributed by atoms with Crippen LogP contribution in [0.1, 0.15) is 130 Å². The molecule has 0 aromatic carbocycles. The van der Waals surface area contributed by atoms with Crippen molar-refractivity contribution in [3.05, 3.63) is 24.3 Å². The fourth-order valence-electron chi connectivity index (χ4n) is 3.50. The summed E-state index contributed by atoms with van der Waals surface area (Å²) in [5.74, 6) is -1.30. The molecule has 0 heterocycles. The molecule has 232 valence electrons. The molecule has 0 bridgehead atoms. The van der Waals surface area contributed by atoms with Gasteiger partial charge in [0.05, 0.1) is 32.8 Å². The van der Waals surface area contributed by atoms with Crippen LogP contribution in [0.5, 0.6) is 0 Å². The molecule has 0 unspecified atom stereocenters. The summed E-state index contributed by atoms with van der Waals surface area (Å²) < 4.78 is 19.7. The molecular formula is C32H56O8. The first kappa shape index (κ1) is 39.5. The molecule has 8 heteroatoms. The van der Waals surface area contributed by atoms with Gasteiger partial charge >= 0.3 is 23.9 Å². The highest BCUT2D eigenvalue weighted by molar-refractivity contribution is 5.87. The van der Waals surface area contributed by atoms with E-state index in [0.29, 0.717) is 51.3 Å². The quantitative estimate of drug-likeness (QED) is 0.0508. The Morgan fingerprint density at radius 1 is 0.575 bits per heavy atom. The molecule has 0 N–H and O–H groups in total. The molecule has 0 aromatic rings. The van der Waals surface area contributed by atoms with Crippen LogP contribution in [-0.2, 0) is 38.1 Å². The summed E-state index contributed by atoms with van der Waals surface area (Å²) in [6, 6.07) is 0. The number of ether oxygens (including phenoxy) is 4. The van der Waals surface area contributed by atoms with E-state index in [9.17, 15) is 19.2 Å². The number of hydrogen-bond donors (Lipinski definition) is 0. The van der Waals surface area contributed by atoms with Gasteiger partial charge in [-0.15, -0.1) is 0 Å². The number of unbranched alkanes of at least 4 members (excludes halogenated alkanes) is 10. The van der Waals surface area contributed by atoms with Gasteiger partial charge in [-0.1, -0.05) is 90.7 Å². The third-order valence-electron chi connectivity index (χ3n) is 5.77. The second-order valence-corrected chi connectivity index (χ2v) is 9.51. The van der Waals surface area contributed by atoms with Crippen molar-refractivity contribution in [3.63, 3.8) is 0 Å². The highest BCUT2D eigenvalue weighted by atomic mass is 16.5. The van der Waals surface area contributed by atoms with Crippen LogP contribution in [0.2, 0.25) is 0 Å². The van der Waals surface area contributed by atoms with E-state index in [0.717, 1.165) is 25.7 Å². The number of rotatable bonds is 24. The van der Waals surface area contributed by atoms with Crippen molar-refractivity contribution in [2.24, 2.45) is 0 Å². The van der Waals surface area contributed by atoms with Crippen LogP contribution in [0.15, 0.2) is 24.3 Å². The molecule has 0 aliphatic heterocycles. The summed E-state index contributed by atoms with van der Waals surface area (Å²) in [6.45, 7) is 13.3. The lowest BCUT2D eigenvalue weighted by Crippen LogP contribution is -2.10. The Morgan fingerprint density at radius 2 is 1.10 bits per heavy atom. The van der Waals surface area contributed by atoms with Crippen molar-refractivity contribution >= 4 is 23.9 Å². The van der Waals surface area contributed by atoms with Gasteiger partial charge in [-0.3, -0.25) is 9.59 Å². The molecule has 8 nitrogen and oxygen atoms in total. The van der Waals surface area contributed by atoms with Gasteiger partial charge in [-0.2, -0.15) is 0 Å². The molecular weight excluding hydrogens is 512 g/mol. The lowest BCUT2D eigenvalue weighted by atomic mass is 10.1. The van der Waals surface area contributed by atoms with E-state index in [1.165, 1.54) is 63.5 Å². The Bertz CT molecular complexity index is 699. The van der Waals surface area contributed by atoms with Crippen LogP contribution in [0, 0.1) is 0 Å². The molecule has 40 heavy (non-hydrogen) atoms. The summed E-state index contributed by atoms with van der Waals surface area (Å²) in [6.07, 6.45) is 18.2. The average Bonchev–Trinajstić information content (AvgIpc) is 2.92. The zero-order valence-electron chi connectivity index (χ0n) is 25.8. The maximum absolute atomic E-state index is 11.8. The standard InChI is InChI=1S/C23H42O4.C9H14O4/c1-4-6-8-10-12-14-19-26-22(24)18-16-17-21(3)23(25)27-20-15-13-11-9-7-5-2;1-3-12-8(10)6-5-7-9(11)13-4-2/h3-20H2,1-2H3;5-6H,3-4,7H2,1-2H3. The summed E-state index contributed by atoms with van der Waals surface area (Å²) >= 11 is 0. The minimum atomic E-state index is -0.438. The molecule has 0 spiro atoms. The van der Waals surface area contributed by atoms with E-state index in [1.807, 2.05) is 0 Å².